The standard InChI is InChI=1S/C14H18BrN3O2.ClH/c1-17-13(19)9-3-2-6-18(8-9)14(20)11-5-4-10(15)7-12(11)16;/h4-5,7,9H,2-3,6,8,16H2,1H3,(H,17,19);1H. The van der Waals surface area contributed by atoms with Crippen molar-refractivity contribution in [3.05, 3.63) is 28.2 Å². The molecule has 1 atom stereocenters. The van der Waals surface area contributed by atoms with Crippen LogP contribution in [0.25, 0.3) is 0 Å². The Morgan fingerprint density at radius 1 is 1.43 bits per heavy atom. The number of nitrogens with two attached hydrogens (primary N) is 1. The van der Waals surface area contributed by atoms with Crippen molar-refractivity contribution in [2.75, 3.05) is 25.9 Å². The number of nitrogens with zero attached hydrogens (tertiary/aromatic N) is 1. The molecule has 3 N–H and O–H groups in total. The van der Waals surface area contributed by atoms with Crippen LogP contribution in [0, 0.1) is 5.92 Å². The molecule has 1 heterocycles. The molecule has 21 heavy (non-hydrogen) atoms. The molecule has 1 fully saturated rings. The van der Waals surface area contributed by atoms with Gasteiger partial charge in [-0.15, -0.1) is 12.4 Å². The molecule has 0 bridgehead atoms. The molecule has 0 spiro atoms. The van der Waals surface area contributed by atoms with Crippen LogP contribution in [-0.2, 0) is 4.79 Å². The van der Waals surface area contributed by atoms with Gasteiger partial charge in [-0.1, -0.05) is 15.9 Å². The summed E-state index contributed by atoms with van der Waals surface area (Å²) in [5.41, 5.74) is 6.83. The SMILES string of the molecule is CNC(=O)C1CCCN(C(=O)c2ccc(Br)cc2N)C1.Cl. The van der Waals surface area contributed by atoms with E-state index < -0.39 is 0 Å². The summed E-state index contributed by atoms with van der Waals surface area (Å²) in [6, 6.07) is 5.22. The Kier molecular flexibility index (Phi) is 6.48. The number of benzene rings is 1. The lowest BCUT2D eigenvalue weighted by atomic mass is 9.96. The van der Waals surface area contributed by atoms with Crippen LogP contribution in [0.4, 0.5) is 5.69 Å². The molecule has 116 valence electrons. The van der Waals surface area contributed by atoms with E-state index in [4.69, 9.17) is 5.73 Å². The van der Waals surface area contributed by atoms with Crippen LogP contribution in [0.2, 0.25) is 0 Å². The second-order valence-corrected chi connectivity index (χ2v) is 5.85. The molecule has 1 unspecified atom stereocenters. The number of halogens is 2. The third-order valence-electron chi connectivity index (χ3n) is 3.57. The molecule has 1 aliphatic heterocycles. The van der Waals surface area contributed by atoms with Crippen molar-refractivity contribution in [1.29, 1.82) is 0 Å². The molecule has 1 aromatic carbocycles. The maximum absolute atomic E-state index is 12.5. The number of rotatable bonds is 2. The summed E-state index contributed by atoms with van der Waals surface area (Å²) in [5, 5.41) is 2.64. The Bertz CT molecular complexity index is 539. The van der Waals surface area contributed by atoms with Gasteiger partial charge < -0.3 is 16.0 Å². The van der Waals surface area contributed by atoms with Crippen molar-refractivity contribution < 1.29 is 9.59 Å². The van der Waals surface area contributed by atoms with E-state index in [1.165, 1.54) is 0 Å². The van der Waals surface area contributed by atoms with Crippen LogP contribution in [0.15, 0.2) is 22.7 Å². The first-order valence-corrected chi connectivity index (χ1v) is 7.38. The van der Waals surface area contributed by atoms with E-state index in [9.17, 15) is 9.59 Å². The number of nitrogen functional groups attached to an aromatic ring is 1. The predicted molar refractivity (Wildman–Crippen MR) is 88.5 cm³/mol. The number of hydrogen-bond acceptors (Lipinski definition) is 3. The van der Waals surface area contributed by atoms with Gasteiger partial charge in [0.25, 0.3) is 5.91 Å². The first kappa shape index (κ1) is 17.8. The van der Waals surface area contributed by atoms with E-state index in [1.54, 1.807) is 30.1 Å². The van der Waals surface area contributed by atoms with Gasteiger partial charge in [-0.3, -0.25) is 9.59 Å². The fourth-order valence-electron chi connectivity index (χ4n) is 2.48. The molecule has 1 aromatic rings. The van der Waals surface area contributed by atoms with Crippen molar-refractivity contribution >= 4 is 45.8 Å². The van der Waals surface area contributed by atoms with Gasteiger partial charge in [0.1, 0.15) is 0 Å². The summed E-state index contributed by atoms with van der Waals surface area (Å²) in [6.45, 7) is 1.12. The van der Waals surface area contributed by atoms with Gasteiger partial charge in [-0.25, -0.2) is 0 Å². The van der Waals surface area contributed by atoms with Gasteiger partial charge >= 0.3 is 0 Å². The van der Waals surface area contributed by atoms with Crippen LogP contribution in [0.1, 0.15) is 23.2 Å². The zero-order valence-electron chi connectivity index (χ0n) is 11.8. The van der Waals surface area contributed by atoms with Crippen LogP contribution < -0.4 is 11.1 Å². The second-order valence-electron chi connectivity index (χ2n) is 4.94. The molecule has 1 aliphatic rings. The maximum Gasteiger partial charge on any atom is 0.255 e. The summed E-state index contributed by atoms with van der Waals surface area (Å²) in [4.78, 5) is 25.9. The highest BCUT2D eigenvalue weighted by atomic mass is 79.9. The van der Waals surface area contributed by atoms with Crippen LogP contribution in [-0.4, -0.2) is 36.9 Å². The minimum Gasteiger partial charge on any atom is -0.398 e. The quantitative estimate of drug-likeness (QED) is 0.776. The highest BCUT2D eigenvalue weighted by molar-refractivity contribution is 9.10. The van der Waals surface area contributed by atoms with Gasteiger partial charge in [0.05, 0.1) is 11.5 Å². The first-order valence-electron chi connectivity index (χ1n) is 6.59. The van der Waals surface area contributed by atoms with E-state index in [0.717, 1.165) is 17.3 Å². The number of nitrogens with one attached hydrogen (secondary N) is 1. The lowest BCUT2D eigenvalue weighted by Crippen LogP contribution is -2.44. The number of carbonyl (C=O) groups excluding carboxylic acids is 2. The molecule has 1 saturated heterocycles. The molecule has 0 aliphatic carbocycles. The monoisotopic (exact) mass is 375 g/mol. The lowest BCUT2D eigenvalue weighted by Gasteiger charge is -2.32. The first-order chi connectivity index (χ1) is 9.52. The summed E-state index contributed by atoms with van der Waals surface area (Å²) in [7, 11) is 1.62. The average Bonchev–Trinajstić information content (AvgIpc) is 2.46. The minimum atomic E-state index is -0.130. The largest absolute Gasteiger partial charge is 0.398 e. The minimum absolute atomic E-state index is 0. The Morgan fingerprint density at radius 2 is 2.14 bits per heavy atom. The van der Waals surface area contributed by atoms with E-state index in [1.807, 2.05) is 0 Å². The molecule has 0 radical (unpaired) electrons. The number of anilines is 1. The topological polar surface area (TPSA) is 75.4 Å². The summed E-state index contributed by atoms with van der Waals surface area (Å²) >= 11 is 3.32. The van der Waals surface area contributed by atoms with Gasteiger partial charge in [0.15, 0.2) is 0 Å². The average molecular weight is 377 g/mol. The molecule has 2 rings (SSSR count). The van der Waals surface area contributed by atoms with Crippen molar-refractivity contribution in [2.24, 2.45) is 5.92 Å². The third kappa shape index (κ3) is 4.11. The molecule has 7 heteroatoms. The smallest absolute Gasteiger partial charge is 0.255 e. The number of likely N-dealkylation sites (tertiary alicyclic amines) is 1. The van der Waals surface area contributed by atoms with Crippen LogP contribution in [0.3, 0.4) is 0 Å². The molecule has 2 amide bonds. The van der Waals surface area contributed by atoms with E-state index >= 15 is 0 Å². The van der Waals surface area contributed by atoms with Crippen LogP contribution in [0.5, 0.6) is 0 Å². The highest BCUT2D eigenvalue weighted by Gasteiger charge is 2.28. The number of piperidine rings is 1. The summed E-state index contributed by atoms with van der Waals surface area (Å²) < 4.78 is 0.841. The third-order valence-corrected chi connectivity index (χ3v) is 4.06. The Hall–Kier alpha value is -1.27. The molecular formula is C14H19BrClN3O2. The van der Waals surface area contributed by atoms with Crippen molar-refractivity contribution in [3.63, 3.8) is 0 Å². The Balaban J connectivity index is 0.00000220. The molecule has 0 aromatic heterocycles. The number of carbonyl (C=O) groups is 2. The summed E-state index contributed by atoms with van der Waals surface area (Å²) in [5.74, 6) is -0.246. The number of amides is 2. The fraction of sp³-hybridized carbons (Fsp3) is 0.429. The predicted octanol–water partition coefficient (Wildman–Crippen LogP) is 2.05. The van der Waals surface area contributed by atoms with Gasteiger partial charge in [-0.05, 0) is 31.0 Å². The molecule has 5 nitrogen and oxygen atoms in total. The van der Waals surface area contributed by atoms with Gasteiger partial charge in [0.2, 0.25) is 5.91 Å². The van der Waals surface area contributed by atoms with Gasteiger partial charge in [-0.2, -0.15) is 0 Å². The van der Waals surface area contributed by atoms with Crippen molar-refractivity contribution in [1.82, 2.24) is 10.2 Å². The molecule has 0 saturated carbocycles. The molecular weight excluding hydrogens is 358 g/mol. The second kappa shape index (κ2) is 7.66. The fourth-order valence-corrected chi connectivity index (χ4v) is 2.86. The Morgan fingerprint density at radius 3 is 2.76 bits per heavy atom. The normalized spacial score (nSPS) is 17.8. The van der Waals surface area contributed by atoms with E-state index in [-0.39, 0.29) is 30.1 Å². The summed E-state index contributed by atoms with van der Waals surface area (Å²) in [6.07, 6.45) is 1.65. The lowest BCUT2D eigenvalue weighted by molar-refractivity contribution is -0.125. The Labute approximate surface area is 138 Å². The highest BCUT2D eigenvalue weighted by Crippen LogP contribution is 2.23. The van der Waals surface area contributed by atoms with Crippen LogP contribution >= 0.6 is 28.3 Å². The van der Waals surface area contributed by atoms with E-state index in [0.29, 0.717) is 24.3 Å². The maximum atomic E-state index is 12.5. The van der Waals surface area contributed by atoms with Crippen molar-refractivity contribution in [2.45, 2.75) is 12.8 Å². The number of hydrogen-bond donors (Lipinski definition) is 2. The zero-order valence-corrected chi connectivity index (χ0v) is 14.2. The van der Waals surface area contributed by atoms with E-state index in [2.05, 4.69) is 21.2 Å². The van der Waals surface area contributed by atoms with Gasteiger partial charge in [0, 0.05) is 30.3 Å². The zero-order chi connectivity index (χ0) is 14.7. The van der Waals surface area contributed by atoms with Crippen molar-refractivity contribution in [3.8, 4) is 0 Å².